The number of hydrogen-bond donors (Lipinski definition) is 1. The van der Waals surface area contributed by atoms with E-state index < -0.39 is 0 Å². The maximum atomic E-state index is 5.17. The summed E-state index contributed by atoms with van der Waals surface area (Å²) < 4.78 is 7.33. The highest BCUT2D eigenvalue weighted by atomic mass is 16.5. The Morgan fingerprint density at radius 3 is 2.75 bits per heavy atom. The molecule has 20 heavy (non-hydrogen) atoms. The molecule has 4 heteroatoms. The molecule has 0 aliphatic heterocycles. The summed E-state index contributed by atoms with van der Waals surface area (Å²) >= 11 is 0. The van der Waals surface area contributed by atoms with E-state index in [0.717, 1.165) is 31.2 Å². The topological polar surface area (TPSA) is 39.1 Å². The van der Waals surface area contributed by atoms with Gasteiger partial charge in [-0.05, 0) is 30.5 Å². The van der Waals surface area contributed by atoms with E-state index in [0.29, 0.717) is 0 Å². The number of anilines is 1. The van der Waals surface area contributed by atoms with Gasteiger partial charge in [0.1, 0.15) is 5.75 Å². The number of benzene rings is 1. The van der Waals surface area contributed by atoms with Gasteiger partial charge in [0.05, 0.1) is 7.11 Å². The van der Waals surface area contributed by atoms with Gasteiger partial charge >= 0.3 is 0 Å². The van der Waals surface area contributed by atoms with Crippen LogP contribution in [0.15, 0.2) is 36.7 Å². The molecule has 2 rings (SSSR count). The summed E-state index contributed by atoms with van der Waals surface area (Å²) in [7, 11) is 1.69. The second-order valence-corrected chi connectivity index (χ2v) is 4.82. The van der Waals surface area contributed by atoms with Gasteiger partial charge < -0.3 is 14.6 Å². The maximum Gasteiger partial charge on any atom is 0.202 e. The van der Waals surface area contributed by atoms with Crippen LogP contribution >= 0.6 is 0 Å². The molecule has 2 aromatic rings. The van der Waals surface area contributed by atoms with Crippen molar-refractivity contribution >= 4 is 5.95 Å². The molecule has 1 N–H and O–H groups in total. The lowest BCUT2D eigenvalue weighted by Gasteiger charge is -2.10. The second-order valence-electron chi connectivity index (χ2n) is 4.82. The fourth-order valence-electron chi connectivity index (χ4n) is 2.08. The standard InChI is InChI=1S/C16H23N3O/c1-3-4-10-17-16-18-11-13-19(16)12-9-14-5-7-15(20-2)8-6-14/h5-8,11,13H,3-4,9-10,12H2,1-2H3,(H,17,18). The molecule has 4 nitrogen and oxygen atoms in total. The third kappa shape index (κ3) is 4.02. The summed E-state index contributed by atoms with van der Waals surface area (Å²) in [6.45, 7) is 4.11. The van der Waals surface area contributed by atoms with Crippen LogP contribution in [-0.2, 0) is 13.0 Å². The molecule has 0 saturated heterocycles. The number of methoxy groups -OCH3 is 1. The zero-order valence-corrected chi connectivity index (χ0v) is 12.3. The lowest BCUT2D eigenvalue weighted by molar-refractivity contribution is 0.414. The third-order valence-corrected chi connectivity index (χ3v) is 3.33. The van der Waals surface area contributed by atoms with Crippen LogP contribution in [0.1, 0.15) is 25.3 Å². The van der Waals surface area contributed by atoms with E-state index in [-0.39, 0.29) is 0 Å². The molecule has 1 heterocycles. The Morgan fingerprint density at radius 1 is 1.25 bits per heavy atom. The van der Waals surface area contributed by atoms with Crippen LogP contribution in [0.25, 0.3) is 0 Å². The van der Waals surface area contributed by atoms with Gasteiger partial charge in [-0.15, -0.1) is 0 Å². The van der Waals surface area contributed by atoms with E-state index in [1.165, 1.54) is 18.4 Å². The molecule has 0 spiro atoms. The van der Waals surface area contributed by atoms with Crippen LogP contribution in [-0.4, -0.2) is 23.2 Å². The normalized spacial score (nSPS) is 10.5. The smallest absolute Gasteiger partial charge is 0.202 e. The Hall–Kier alpha value is -1.97. The molecule has 0 unspecified atom stereocenters. The Labute approximate surface area is 120 Å². The summed E-state index contributed by atoms with van der Waals surface area (Å²) in [4.78, 5) is 4.36. The van der Waals surface area contributed by atoms with Crippen LogP contribution in [0.5, 0.6) is 5.75 Å². The molecule has 0 atom stereocenters. The van der Waals surface area contributed by atoms with Crippen molar-refractivity contribution in [1.29, 1.82) is 0 Å². The quantitative estimate of drug-likeness (QED) is 0.750. The fraction of sp³-hybridized carbons (Fsp3) is 0.438. The molecule has 0 aliphatic rings. The molecule has 0 saturated carbocycles. The average molecular weight is 273 g/mol. The van der Waals surface area contributed by atoms with E-state index in [1.54, 1.807) is 7.11 Å². The second kappa shape index (κ2) is 7.58. The van der Waals surface area contributed by atoms with E-state index in [1.807, 2.05) is 24.5 Å². The van der Waals surface area contributed by atoms with Crippen molar-refractivity contribution in [2.24, 2.45) is 0 Å². The number of unbranched alkanes of at least 4 members (excludes halogenated alkanes) is 1. The lowest BCUT2D eigenvalue weighted by Crippen LogP contribution is -2.09. The van der Waals surface area contributed by atoms with Crippen LogP contribution in [0, 0.1) is 0 Å². The Bertz CT molecular complexity index is 505. The Morgan fingerprint density at radius 2 is 2.05 bits per heavy atom. The molecular weight excluding hydrogens is 250 g/mol. The van der Waals surface area contributed by atoms with Gasteiger partial charge in [-0.2, -0.15) is 0 Å². The number of ether oxygens (including phenoxy) is 1. The summed E-state index contributed by atoms with van der Waals surface area (Å²) in [6, 6.07) is 8.23. The lowest BCUT2D eigenvalue weighted by atomic mass is 10.1. The predicted octanol–water partition coefficient (Wildman–Crippen LogP) is 3.35. The molecule has 108 valence electrons. The number of aromatic nitrogens is 2. The molecule has 0 radical (unpaired) electrons. The highest BCUT2D eigenvalue weighted by Gasteiger charge is 2.02. The van der Waals surface area contributed by atoms with Crippen molar-refractivity contribution in [3.8, 4) is 5.75 Å². The van der Waals surface area contributed by atoms with Crippen LogP contribution < -0.4 is 10.1 Å². The molecule has 1 aromatic heterocycles. The molecule has 0 fully saturated rings. The van der Waals surface area contributed by atoms with E-state index in [2.05, 4.69) is 33.9 Å². The average Bonchev–Trinajstić information content (AvgIpc) is 2.93. The van der Waals surface area contributed by atoms with Crippen molar-refractivity contribution in [3.63, 3.8) is 0 Å². The van der Waals surface area contributed by atoms with Crippen molar-refractivity contribution in [2.45, 2.75) is 32.7 Å². The number of hydrogen-bond acceptors (Lipinski definition) is 3. The largest absolute Gasteiger partial charge is 0.497 e. The fourth-order valence-corrected chi connectivity index (χ4v) is 2.08. The Balaban J connectivity index is 1.88. The van der Waals surface area contributed by atoms with Crippen molar-refractivity contribution in [1.82, 2.24) is 9.55 Å². The van der Waals surface area contributed by atoms with Crippen molar-refractivity contribution in [3.05, 3.63) is 42.2 Å². The zero-order valence-electron chi connectivity index (χ0n) is 12.3. The van der Waals surface area contributed by atoms with Gasteiger partial charge in [-0.1, -0.05) is 25.5 Å². The highest BCUT2D eigenvalue weighted by Crippen LogP contribution is 2.13. The number of imidazole rings is 1. The maximum absolute atomic E-state index is 5.17. The Kier molecular flexibility index (Phi) is 5.47. The summed E-state index contributed by atoms with van der Waals surface area (Å²) in [5, 5.41) is 3.38. The summed E-state index contributed by atoms with van der Waals surface area (Å²) in [5.74, 6) is 1.87. The molecule has 1 aromatic carbocycles. The summed E-state index contributed by atoms with van der Waals surface area (Å²) in [5.41, 5.74) is 1.30. The van der Waals surface area contributed by atoms with Gasteiger partial charge in [0, 0.05) is 25.5 Å². The number of nitrogens with one attached hydrogen (secondary N) is 1. The number of rotatable bonds is 8. The van der Waals surface area contributed by atoms with Gasteiger partial charge in [-0.25, -0.2) is 4.98 Å². The van der Waals surface area contributed by atoms with E-state index >= 15 is 0 Å². The van der Waals surface area contributed by atoms with E-state index in [4.69, 9.17) is 4.74 Å². The number of aryl methyl sites for hydroxylation is 2. The first-order valence-corrected chi connectivity index (χ1v) is 7.21. The minimum absolute atomic E-state index is 0.901. The van der Waals surface area contributed by atoms with E-state index in [9.17, 15) is 0 Å². The number of nitrogens with zero attached hydrogens (tertiary/aromatic N) is 2. The molecule has 0 aliphatic carbocycles. The minimum Gasteiger partial charge on any atom is -0.497 e. The van der Waals surface area contributed by atoms with Crippen LogP contribution in [0.3, 0.4) is 0 Å². The van der Waals surface area contributed by atoms with Gasteiger partial charge in [0.2, 0.25) is 5.95 Å². The van der Waals surface area contributed by atoms with Crippen molar-refractivity contribution in [2.75, 3.05) is 19.0 Å². The predicted molar refractivity (Wildman–Crippen MR) is 82.3 cm³/mol. The zero-order chi connectivity index (χ0) is 14.2. The monoisotopic (exact) mass is 273 g/mol. The van der Waals surface area contributed by atoms with Gasteiger partial charge in [0.25, 0.3) is 0 Å². The van der Waals surface area contributed by atoms with Gasteiger partial charge in [0.15, 0.2) is 0 Å². The van der Waals surface area contributed by atoms with Crippen molar-refractivity contribution < 1.29 is 4.74 Å². The van der Waals surface area contributed by atoms with Crippen LogP contribution in [0.4, 0.5) is 5.95 Å². The molecule has 0 amide bonds. The first-order chi connectivity index (χ1) is 9.83. The first kappa shape index (κ1) is 14.4. The first-order valence-electron chi connectivity index (χ1n) is 7.21. The minimum atomic E-state index is 0.901. The SMILES string of the molecule is CCCCNc1nccn1CCc1ccc(OC)cc1. The summed E-state index contributed by atoms with van der Waals surface area (Å²) in [6.07, 6.45) is 7.23. The van der Waals surface area contributed by atoms with Crippen LogP contribution in [0.2, 0.25) is 0 Å². The van der Waals surface area contributed by atoms with Gasteiger partial charge in [-0.3, -0.25) is 0 Å². The highest BCUT2D eigenvalue weighted by molar-refractivity contribution is 5.28. The molecule has 0 bridgehead atoms. The molecular formula is C16H23N3O. The third-order valence-electron chi connectivity index (χ3n) is 3.33.